The summed E-state index contributed by atoms with van der Waals surface area (Å²) in [5.74, 6) is 0.00663. The predicted molar refractivity (Wildman–Crippen MR) is 84.5 cm³/mol. The zero-order valence-electron chi connectivity index (χ0n) is 12.9. The van der Waals surface area contributed by atoms with E-state index in [2.05, 4.69) is 4.72 Å². The Bertz CT molecular complexity index is 541. The average Bonchev–Trinajstić information content (AvgIpc) is 2.42. The molecule has 5 nitrogen and oxygen atoms in total. The first kappa shape index (κ1) is 17.7. The minimum absolute atomic E-state index is 0.0477. The lowest BCUT2D eigenvalue weighted by molar-refractivity contribution is -0.130. The smallest absolute Gasteiger partial charge is 0.219 e. The van der Waals surface area contributed by atoms with Crippen molar-refractivity contribution in [1.29, 1.82) is 0 Å². The minimum atomic E-state index is -3.31. The topological polar surface area (TPSA) is 66.5 Å². The summed E-state index contributed by atoms with van der Waals surface area (Å²) in [4.78, 5) is 13.0. The highest BCUT2D eigenvalue weighted by Gasteiger charge is 2.14. The van der Waals surface area contributed by atoms with Gasteiger partial charge in [-0.25, -0.2) is 13.1 Å². The highest BCUT2D eigenvalue weighted by Crippen LogP contribution is 2.02. The summed E-state index contributed by atoms with van der Waals surface area (Å²) >= 11 is 0. The lowest BCUT2D eigenvalue weighted by Gasteiger charge is -2.25. The number of aryl methyl sites for hydroxylation is 1. The van der Waals surface area contributed by atoms with Gasteiger partial charge in [-0.15, -0.1) is 0 Å². The van der Waals surface area contributed by atoms with Crippen LogP contribution in [0.4, 0.5) is 0 Å². The van der Waals surface area contributed by atoms with Crippen LogP contribution in [0.2, 0.25) is 0 Å². The quantitative estimate of drug-likeness (QED) is 0.789. The summed E-state index contributed by atoms with van der Waals surface area (Å²) in [6.07, 6.45) is 0.483. The molecule has 118 valence electrons. The van der Waals surface area contributed by atoms with Crippen LogP contribution < -0.4 is 4.72 Å². The molecule has 0 aliphatic rings. The van der Waals surface area contributed by atoms with Gasteiger partial charge in [0.2, 0.25) is 15.9 Å². The lowest BCUT2D eigenvalue weighted by Crippen LogP contribution is -2.41. The van der Waals surface area contributed by atoms with Crippen molar-refractivity contribution < 1.29 is 13.2 Å². The van der Waals surface area contributed by atoms with Gasteiger partial charge in [0.15, 0.2) is 0 Å². The maximum absolute atomic E-state index is 11.9. The van der Waals surface area contributed by atoms with Gasteiger partial charge >= 0.3 is 0 Å². The van der Waals surface area contributed by atoms with Crippen molar-refractivity contribution in [3.8, 4) is 0 Å². The molecule has 0 aliphatic carbocycles. The Balaban J connectivity index is 2.41. The lowest BCUT2D eigenvalue weighted by atomic mass is 10.2. The number of benzene rings is 1. The van der Waals surface area contributed by atoms with E-state index in [0.717, 1.165) is 5.56 Å². The van der Waals surface area contributed by atoms with E-state index in [9.17, 15) is 13.2 Å². The molecule has 1 aromatic rings. The number of nitrogens with zero attached hydrogens (tertiary/aromatic N) is 1. The maximum atomic E-state index is 11.9. The number of amides is 1. The summed E-state index contributed by atoms with van der Waals surface area (Å²) in [6.45, 7) is 5.94. The van der Waals surface area contributed by atoms with Crippen molar-refractivity contribution in [1.82, 2.24) is 9.62 Å². The third-order valence-electron chi connectivity index (χ3n) is 3.20. The average molecular weight is 312 g/mol. The van der Waals surface area contributed by atoms with Gasteiger partial charge in [-0.2, -0.15) is 0 Å². The summed E-state index contributed by atoms with van der Waals surface area (Å²) in [5.41, 5.74) is 0.996. The van der Waals surface area contributed by atoms with E-state index in [1.807, 2.05) is 44.2 Å². The van der Waals surface area contributed by atoms with Crippen LogP contribution in [0.1, 0.15) is 26.3 Å². The third-order valence-corrected chi connectivity index (χ3v) is 4.59. The van der Waals surface area contributed by atoms with Crippen molar-refractivity contribution in [2.75, 3.05) is 18.8 Å². The molecular weight excluding hydrogens is 288 g/mol. The molecule has 1 N–H and O–H groups in total. The molecule has 6 heteroatoms. The Hall–Kier alpha value is -1.40. The molecule has 0 spiro atoms. The van der Waals surface area contributed by atoms with E-state index < -0.39 is 10.0 Å². The molecule has 0 aromatic heterocycles. The van der Waals surface area contributed by atoms with Gasteiger partial charge in [0.1, 0.15) is 0 Å². The van der Waals surface area contributed by atoms with E-state index in [0.29, 0.717) is 13.0 Å². The largest absolute Gasteiger partial charge is 0.339 e. The summed E-state index contributed by atoms with van der Waals surface area (Å²) in [7, 11) is -3.31. The van der Waals surface area contributed by atoms with E-state index >= 15 is 0 Å². The molecule has 0 fully saturated rings. The Kier molecular flexibility index (Phi) is 6.84. The van der Waals surface area contributed by atoms with Gasteiger partial charge < -0.3 is 4.90 Å². The number of rotatable bonds is 8. The van der Waals surface area contributed by atoms with Crippen LogP contribution in [0, 0.1) is 0 Å². The van der Waals surface area contributed by atoms with Crippen molar-refractivity contribution in [2.24, 2.45) is 0 Å². The zero-order chi connectivity index (χ0) is 15.9. The Morgan fingerprint density at radius 3 is 2.38 bits per heavy atom. The SMILES string of the molecule is CC(=O)N(CCNS(=O)(=O)CCc1ccccc1)C(C)C. The molecule has 1 aromatic carbocycles. The number of nitrogens with one attached hydrogen (secondary N) is 1. The van der Waals surface area contributed by atoms with Crippen LogP contribution in [-0.4, -0.2) is 44.1 Å². The standard InChI is InChI=1S/C15H24N2O3S/c1-13(2)17(14(3)18)11-10-16-21(19,20)12-9-15-7-5-4-6-8-15/h4-8,13,16H,9-12H2,1-3H3. The molecule has 1 rings (SSSR count). The van der Waals surface area contributed by atoms with Crippen LogP contribution in [0.25, 0.3) is 0 Å². The van der Waals surface area contributed by atoms with E-state index in [4.69, 9.17) is 0 Å². The normalized spacial score (nSPS) is 11.6. The van der Waals surface area contributed by atoms with Crippen molar-refractivity contribution in [2.45, 2.75) is 33.2 Å². The van der Waals surface area contributed by atoms with Crippen molar-refractivity contribution in [3.05, 3.63) is 35.9 Å². The molecule has 0 saturated heterocycles. The van der Waals surface area contributed by atoms with Gasteiger partial charge in [0.05, 0.1) is 5.75 Å². The van der Waals surface area contributed by atoms with Gasteiger partial charge in [0.25, 0.3) is 0 Å². The van der Waals surface area contributed by atoms with Crippen molar-refractivity contribution >= 4 is 15.9 Å². The second-order valence-corrected chi connectivity index (χ2v) is 7.18. The first-order valence-electron chi connectivity index (χ1n) is 7.10. The zero-order valence-corrected chi connectivity index (χ0v) is 13.7. The highest BCUT2D eigenvalue weighted by atomic mass is 32.2. The van der Waals surface area contributed by atoms with Gasteiger partial charge in [0, 0.05) is 26.1 Å². The fourth-order valence-corrected chi connectivity index (χ4v) is 3.12. The number of carbonyl (C=O) groups excluding carboxylic acids is 1. The van der Waals surface area contributed by atoms with E-state index in [1.165, 1.54) is 6.92 Å². The minimum Gasteiger partial charge on any atom is -0.339 e. The van der Waals surface area contributed by atoms with Crippen LogP contribution in [0.15, 0.2) is 30.3 Å². The van der Waals surface area contributed by atoms with Crippen molar-refractivity contribution in [3.63, 3.8) is 0 Å². The van der Waals surface area contributed by atoms with Gasteiger partial charge in [-0.05, 0) is 25.8 Å². The summed E-state index contributed by atoms with van der Waals surface area (Å²) in [6, 6.07) is 9.57. The fraction of sp³-hybridized carbons (Fsp3) is 0.533. The molecule has 0 heterocycles. The molecule has 0 unspecified atom stereocenters. The number of carbonyl (C=O) groups is 1. The Morgan fingerprint density at radius 2 is 1.86 bits per heavy atom. The highest BCUT2D eigenvalue weighted by molar-refractivity contribution is 7.89. The molecule has 0 saturated carbocycles. The fourth-order valence-electron chi connectivity index (χ4n) is 2.07. The molecular formula is C15H24N2O3S. The third kappa shape index (κ3) is 6.73. The van der Waals surface area contributed by atoms with E-state index in [1.54, 1.807) is 4.90 Å². The summed E-state index contributed by atoms with van der Waals surface area (Å²) in [5, 5.41) is 0. The monoisotopic (exact) mass is 312 g/mol. The number of hydrogen-bond donors (Lipinski definition) is 1. The number of sulfonamides is 1. The van der Waals surface area contributed by atoms with Crippen LogP contribution in [-0.2, 0) is 21.2 Å². The van der Waals surface area contributed by atoms with Crippen LogP contribution >= 0.6 is 0 Å². The molecule has 0 aliphatic heterocycles. The second-order valence-electron chi connectivity index (χ2n) is 5.25. The molecule has 0 radical (unpaired) electrons. The molecule has 0 atom stereocenters. The predicted octanol–water partition coefficient (Wildman–Crippen LogP) is 1.41. The molecule has 0 bridgehead atoms. The van der Waals surface area contributed by atoms with Gasteiger partial charge in [-0.1, -0.05) is 30.3 Å². The molecule has 1 amide bonds. The second kappa shape index (κ2) is 8.14. The Labute approximate surface area is 127 Å². The first-order valence-corrected chi connectivity index (χ1v) is 8.75. The summed E-state index contributed by atoms with van der Waals surface area (Å²) < 4.78 is 26.4. The van der Waals surface area contributed by atoms with Gasteiger partial charge in [-0.3, -0.25) is 4.79 Å². The molecule has 21 heavy (non-hydrogen) atoms. The van der Waals surface area contributed by atoms with E-state index in [-0.39, 0.29) is 24.2 Å². The van der Waals surface area contributed by atoms with Crippen LogP contribution in [0.3, 0.4) is 0 Å². The first-order chi connectivity index (χ1) is 9.82. The maximum Gasteiger partial charge on any atom is 0.219 e. The number of hydrogen-bond acceptors (Lipinski definition) is 3. The van der Waals surface area contributed by atoms with Crippen LogP contribution in [0.5, 0.6) is 0 Å². The Morgan fingerprint density at radius 1 is 1.24 bits per heavy atom.